The molecular formula is C19H16F2N2OS. The standard InChI is InChI=1S/C19H16F2N2OS/c1-12(19-23-16-7-2-3-8-17(16)25-19)11-22-18(24)10-9-13-14(20)5-4-6-15(13)21/h2-10,12H,11H2,1H3,(H,22,24)/b10-9-/t12-/m0/s1. The number of thiazole rings is 1. The minimum Gasteiger partial charge on any atom is -0.352 e. The molecule has 1 amide bonds. The molecule has 128 valence electrons. The van der Waals surface area contributed by atoms with Gasteiger partial charge in [-0.3, -0.25) is 4.79 Å². The summed E-state index contributed by atoms with van der Waals surface area (Å²) in [7, 11) is 0. The van der Waals surface area contributed by atoms with E-state index in [0.29, 0.717) is 6.54 Å². The van der Waals surface area contributed by atoms with Crippen LogP contribution in [0.25, 0.3) is 16.3 Å². The number of aromatic nitrogens is 1. The van der Waals surface area contributed by atoms with Crippen LogP contribution in [0.15, 0.2) is 48.5 Å². The van der Waals surface area contributed by atoms with Crippen molar-refractivity contribution in [3.8, 4) is 0 Å². The van der Waals surface area contributed by atoms with E-state index >= 15 is 0 Å². The van der Waals surface area contributed by atoms with E-state index in [4.69, 9.17) is 0 Å². The maximum absolute atomic E-state index is 13.5. The topological polar surface area (TPSA) is 42.0 Å². The second-order valence-electron chi connectivity index (χ2n) is 5.63. The van der Waals surface area contributed by atoms with Gasteiger partial charge in [0.1, 0.15) is 11.6 Å². The van der Waals surface area contributed by atoms with Crippen LogP contribution in [0.3, 0.4) is 0 Å². The number of benzene rings is 2. The molecule has 0 fully saturated rings. The molecule has 0 radical (unpaired) electrons. The van der Waals surface area contributed by atoms with Crippen LogP contribution in [0.2, 0.25) is 0 Å². The number of nitrogens with one attached hydrogen (secondary N) is 1. The molecule has 0 unspecified atom stereocenters. The first-order valence-corrected chi connectivity index (χ1v) is 8.61. The molecule has 0 saturated carbocycles. The highest BCUT2D eigenvalue weighted by Gasteiger charge is 2.12. The Hall–Kier alpha value is -2.60. The zero-order valence-electron chi connectivity index (χ0n) is 13.5. The summed E-state index contributed by atoms with van der Waals surface area (Å²) >= 11 is 1.59. The van der Waals surface area contributed by atoms with Crippen molar-refractivity contribution < 1.29 is 13.6 Å². The van der Waals surface area contributed by atoms with Crippen molar-refractivity contribution in [2.75, 3.05) is 6.54 Å². The number of hydrogen-bond acceptors (Lipinski definition) is 3. The number of rotatable bonds is 5. The van der Waals surface area contributed by atoms with Crippen LogP contribution >= 0.6 is 11.3 Å². The van der Waals surface area contributed by atoms with Gasteiger partial charge in [-0.25, -0.2) is 13.8 Å². The number of fused-ring (bicyclic) bond motifs is 1. The smallest absolute Gasteiger partial charge is 0.244 e. The average molecular weight is 358 g/mol. The Bertz CT molecular complexity index is 883. The van der Waals surface area contributed by atoms with Gasteiger partial charge in [0.25, 0.3) is 0 Å². The van der Waals surface area contributed by atoms with Gasteiger partial charge in [0.2, 0.25) is 5.91 Å². The molecule has 25 heavy (non-hydrogen) atoms. The number of amides is 1. The van der Waals surface area contributed by atoms with Crippen molar-refractivity contribution in [3.05, 3.63) is 70.7 Å². The summed E-state index contributed by atoms with van der Waals surface area (Å²) in [6.07, 6.45) is 2.27. The van der Waals surface area contributed by atoms with Crippen molar-refractivity contribution in [1.29, 1.82) is 0 Å². The first-order chi connectivity index (χ1) is 12.0. The van der Waals surface area contributed by atoms with Crippen molar-refractivity contribution >= 4 is 33.5 Å². The van der Waals surface area contributed by atoms with Crippen LogP contribution in [0.1, 0.15) is 23.4 Å². The Labute approximate surface area is 148 Å². The summed E-state index contributed by atoms with van der Waals surface area (Å²) in [5, 5.41) is 3.67. The van der Waals surface area contributed by atoms with Crippen molar-refractivity contribution in [1.82, 2.24) is 10.3 Å². The zero-order chi connectivity index (χ0) is 17.8. The van der Waals surface area contributed by atoms with Crippen LogP contribution in [0, 0.1) is 11.6 Å². The summed E-state index contributed by atoms with van der Waals surface area (Å²) in [5.74, 6) is -1.77. The minimum absolute atomic E-state index is 0.0416. The molecular weight excluding hydrogens is 342 g/mol. The van der Waals surface area contributed by atoms with Gasteiger partial charge in [0, 0.05) is 24.1 Å². The highest BCUT2D eigenvalue weighted by molar-refractivity contribution is 7.18. The SMILES string of the molecule is C[C@@H](CNC(=O)/C=C\c1c(F)cccc1F)c1nc2ccccc2s1. The molecule has 2 aromatic carbocycles. The molecule has 1 aromatic heterocycles. The van der Waals surface area contributed by atoms with E-state index in [9.17, 15) is 13.6 Å². The van der Waals surface area contributed by atoms with Gasteiger partial charge < -0.3 is 5.32 Å². The normalized spacial score (nSPS) is 12.6. The molecule has 1 N–H and O–H groups in total. The Morgan fingerprint density at radius 2 is 1.92 bits per heavy atom. The van der Waals surface area contributed by atoms with E-state index in [0.717, 1.165) is 39.5 Å². The van der Waals surface area contributed by atoms with Crippen molar-refractivity contribution in [3.63, 3.8) is 0 Å². The van der Waals surface area contributed by atoms with Crippen LogP contribution in [0.5, 0.6) is 0 Å². The van der Waals surface area contributed by atoms with Gasteiger partial charge in [-0.1, -0.05) is 25.1 Å². The summed E-state index contributed by atoms with van der Waals surface area (Å²) in [4.78, 5) is 16.4. The minimum atomic E-state index is -0.702. The lowest BCUT2D eigenvalue weighted by atomic mass is 10.1. The number of carbonyl (C=O) groups is 1. The molecule has 3 rings (SSSR count). The number of hydrogen-bond donors (Lipinski definition) is 1. The lowest BCUT2D eigenvalue weighted by Gasteiger charge is -2.08. The van der Waals surface area contributed by atoms with Crippen molar-refractivity contribution in [2.45, 2.75) is 12.8 Å². The molecule has 6 heteroatoms. The summed E-state index contributed by atoms with van der Waals surface area (Å²) < 4.78 is 28.1. The van der Waals surface area contributed by atoms with E-state index in [1.165, 1.54) is 6.07 Å². The third-order valence-electron chi connectivity index (χ3n) is 3.72. The molecule has 0 spiro atoms. The molecule has 0 bridgehead atoms. The number of halogens is 2. The third kappa shape index (κ3) is 4.09. The Morgan fingerprint density at radius 3 is 2.64 bits per heavy atom. The maximum Gasteiger partial charge on any atom is 0.244 e. The molecule has 0 aliphatic heterocycles. The second-order valence-corrected chi connectivity index (χ2v) is 6.70. The molecule has 1 atom stereocenters. The molecule has 3 aromatic rings. The average Bonchev–Trinajstić information content (AvgIpc) is 3.03. The summed E-state index contributed by atoms with van der Waals surface area (Å²) in [5.41, 5.74) is 0.715. The van der Waals surface area contributed by atoms with Gasteiger partial charge in [-0.2, -0.15) is 0 Å². The van der Waals surface area contributed by atoms with Gasteiger partial charge >= 0.3 is 0 Å². The third-order valence-corrected chi connectivity index (χ3v) is 4.98. The van der Waals surface area contributed by atoms with Gasteiger partial charge in [0.15, 0.2) is 0 Å². The fourth-order valence-corrected chi connectivity index (χ4v) is 3.35. The second kappa shape index (κ2) is 7.53. The first-order valence-electron chi connectivity index (χ1n) is 7.80. The van der Waals surface area contributed by atoms with E-state index in [-0.39, 0.29) is 11.5 Å². The van der Waals surface area contributed by atoms with Crippen LogP contribution in [0.4, 0.5) is 8.78 Å². The lowest BCUT2D eigenvalue weighted by Crippen LogP contribution is -2.25. The van der Waals surface area contributed by atoms with Gasteiger partial charge in [-0.05, 0) is 30.3 Å². The number of nitrogens with zero attached hydrogens (tertiary/aromatic N) is 1. The highest BCUT2D eigenvalue weighted by Crippen LogP contribution is 2.26. The fraction of sp³-hybridized carbons (Fsp3) is 0.158. The largest absolute Gasteiger partial charge is 0.352 e. The molecule has 1 heterocycles. The van der Waals surface area contributed by atoms with E-state index < -0.39 is 17.5 Å². The molecule has 3 nitrogen and oxygen atoms in total. The van der Waals surface area contributed by atoms with Crippen LogP contribution < -0.4 is 5.32 Å². The summed E-state index contributed by atoms with van der Waals surface area (Å²) in [6.45, 7) is 2.36. The van der Waals surface area contributed by atoms with Crippen LogP contribution in [-0.2, 0) is 4.79 Å². The van der Waals surface area contributed by atoms with Gasteiger partial charge in [0.05, 0.1) is 15.2 Å². The predicted octanol–water partition coefficient (Wildman–Crippen LogP) is 4.51. The Morgan fingerprint density at radius 1 is 1.20 bits per heavy atom. The molecule has 0 aliphatic carbocycles. The quantitative estimate of drug-likeness (QED) is 0.682. The summed E-state index contributed by atoms with van der Waals surface area (Å²) in [6, 6.07) is 11.4. The zero-order valence-corrected chi connectivity index (χ0v) is 14.3. The van der Waals surface area contributed by atoms with Gasteiger partial charge in [-0.15, -0.1) is 11.3 Å². The van der Waals surface area contributed by atoms with Crippen LogP contribution in [-0.4, -0.2) is 17.4 Å². The highest BCUT2D eigenvalue weighted by atomic mass is 32.1. The Kier molecular flexibility index (Phi) is 5.19. The number of para-hydroxylation sites is 1. The lowest BCUT2D eigenvalue weighted by molar-refractivity contribution is -0.116. The van der Waals surface area contributed by atoms with E-state index in [1.807, 2.05) is 31.2 Å². The number of carbonyl (C=O) groups excluding carboxylic acids is 1. The van der Waals surface area contributed by atoms with E-state index in [2.05, 4.69) is 10.3 Å². The fourth-order valence-electron chi connectivity index (χ4n) is 2.33. The first kappa shape index (κ1) is 17.2. The molecule has 0 aliphatic rings. The Balaban J connectivity index is 1.61. The maximum atomic E-state index is 13.5. The van der Waals surface area contributed by atoms with E-state index in [1.54, 1.807) is 11.3 Å². The predicted molar refractivity (Wildman–Crippen MR) is 96.4 cm³/mol. The monoisotopic (exact) mass is 358 g/mol. The van der Waals surface area contributed by atoms with Crippen molar-refractivity contribution in [2.24, 2.45) is 0 Å². The molecule has 0 saturated heterocycles.